The Morgan fingerprint density at radius 3 is 2.75 bits per heavy atom. The summed E-state index contributed by atoms with van der Waals surface area (Å²) in [5.41, 5.74) is 1.54. The van der Waals surface area contributed by atoms with E-state index in [1.165, 1.54) is 12.1 Å². The number of hydrogen-bond donors (Lipinski definition) is 2. The summed E-state index contributed by atoms with van der Waals surface area (Å²) in [6, 6.07) is 2.92. The molecule has 20 heavy (non-hydrogen) atoms. The molecule has 1 aliphatic heterocycles. The van der Waals surface area contributed by atoms with Crippen LogP contribution < -0.4 is 10.6 Å². The van der Waals surface area contributed by atoms with Crippen LogP contribution in [-0.4, -0.2) is 11.8 Å². The van der Waals surface area contributed by atoms with E-state index in [1.54, 1.807) is 0 Å². The maximum absolute atomic E-state index is 14.0. The molecule has 0 spiro atoms. The molecule has 0 atom stereocenters. The molecule has 1 aromatic rings. The number of carbonyl (C=O) groups excluding carboxylic acids is 2. The van der Waals surface area contributed by atoms with Crippen LogP contribution >= 0.6 is 0 Å². The van der Waals surface area contributed by atoms with Gasteiger partial charge in [0.2, 0.25) is 11.8 Å². The maximum atomic E-state index is 14.0. The summed E-state index contributed by atoms with van der Waals surface area (Å²) in [6.07, 6.45) is 4.76. The Morgan fingerprint density at radius 2 is 2.00 bits per heavy atom. The van der Waals surface area contributed by atoms with Gasteiger partial charge in [-0.2, -0.15) is 0 Å². The van der Waals surface area contributed by atoms with Crippen LogP contribution in [0.2, 0.25) is 0 Å². The van der Waals surface area contributed by atoms with Gasteiger partial charge in [0, 0.05) is 18.0 Å². The fourth-order valence-corrected chi connectivity index (χ4v) is 2.92. The molecule has 1 aliphatic carbocycles. The fourth-order valence-electron chi connectivity index (χ4n) is 2.92. The molecule has 0 bridgehead atoms. The largest absolute Gasteiger partial charge is 0.326 e. The molecule has 1 fully saturated rings. The van der Waals surface area contributed by atoms with Crippen molar-refractivity contribution in [1.82, 2.24) is 0 Å². The topological polar surface area (TPSA) is 58.2 Å². The molecule has 106 valence electrons. The van der Waals surface area contributed by atoms with Gasteiger partial charge in [0.1, 0.15) is 5.82 Å². The zero-order valence-electron chi connectivity index (χ0n) is 11.2. The highest BCUT2D eigenvalue weighted by molar-refractivity contribution is 5.97. The quantitative estimate of drug-likeness (QED) is 0.872. The van der Waals surface area contributed by atoms with Gasteiger partial charge in [-0.1, -0.05) is 12.8 Å². The van der Waals surface area contributed by atoms with Crippen LogP contribution in [0.5, 0.6) is 0 Å². The van der Waals surface area contributed by atoms with Gasteiger partial charge in [-0.25, -0.2) is 4.39 Å². The molecule has 4 nitrogen and oxygen atoms in total. The first-order valence-corrected chi connectivity index (χ1v) is 7.06. The van der Waals surface area contributed by atoms with Gasteiger partial charge in [0.15, 0.2) is 0 Å². The second kappa shape index (κ2) is 5.23. The van der Waals surface area contributed by atoms with Crippen molar-refractivity contribution in [3.05, 3.63) is 23.5 Å². The number of hydrogen-bond acceptors (Lipinski definition) is 2. The van der Waals surface area contributed by atoms with Crippen molar-refractivity contribution < 1.29 is 14.0 Å². The zero-order valence-corrected chi connectivity index (χ0v) is 11.2. The first-order valence-electron chi connectivity index (χ1n) is 7.06. The average Bonchev–Trinajstić information content (AvgIpc) is 2.94. The van der Waals surface area contributed by atoms with Crippen LogP contribution in [0.1, 0.15) is 37.7 Å². The van der Waals surface area contributed by atoms with E-state index in [1.807, 2.05) is 0 Å². The Balaban J connectivity index is 1.80. The van der Waals surface area contributed by atoms with Crippen LogP contribution in [0.25, 0.3) is 0 Å². The van der Waals surface area contributed by atoms with Crippen molar-refractivity contribution in [2.45, 2.75) is 38.5 Å². The molecular weight excluding hydrogens is 259 g/mol. The Bertz CT molecular complexity index is 565. The molecule has 1 heterocycles. The Hall–Kier alpha value is -1.91. The lowest BCUT2D eigenvalue weighted by molar-refractivity contribution is -0.119. The number of amides is 2. The van der Waals surface area contributed by atoms with Crippen molar-refractivity contribution in [1.29, 1.82) is 0 Å². The van der Waals surface area contributed by atoms with Crippen LogP contribution in [0.15, 0.2) is 12.1 Å². The summed E-state index contributed by atoms with van der Waals surface area (Å²) >= 11 is 0. The molecular formula is C15H17FN2O2. The molecule has 0 saturated heterocycles. The Kier molecular flexibility index (Phi) is 3.42. The number of benzene rings is 1. The zero-order chi connectivity index (χ0) is 14.1. The molecule has 2 aliphatic rings. The molecule has 2 amide bonds. The van der Waals surface area contributed by atoms with E-state index in [0.717, 1.165) is 31.2 Å². The number of anilines is 2. The predicted molar refractivity (Wildman–Crippen MR) is 73.9 cm³/mol. The van der Waals surface area contributed by atoms with Crippen molar-refractivity contribution in [2.75, 3.05) is 10.6 Å². The van der Waals surface area contributed by atoms with Gasteiger partial charge in [-0.15, -0.1) is 0 Å². The van der Waals surface area contributed by atoms with Crippen LogP contribution in [0, 0.1) is 11.7 Å². The fraction of sp³-hybridized carbons (Fsp3) is 0.467. The number of carbonyl (C=O) groups is 2. The van der Waals surface area contributed by atoms with Crippen LogP contribution in [0.4, 0.5) is 15.8 Å². The van der Waals surface area contributed by atoms with Gasteiger partial charge in [-0.05, 0) is 37.0 Å². The predicted octanol–water partition coefficient (Wildman–Crippen LogP) is 2.84. The van der Waals surface area contributed by atoms with Crippen LogP contribution in [0.3, 0.4) is 0 Å². The van der Waals surface area contributed by atoms with E-state index < -0.39 is 5.82 Å². The SMILES string of the molecule is O=C1CCc2cc(F)c(NC(=O)C3CCCC3)cc2N1. The summed E-state index contributed by atoms with van der Waals surface area (Å²) in [5, 5.41) is 5.37. The molecule has 2 N–H and O–H groups in total. The smallest absolute Gasteiger partial charge is 0.227 e. The first kappa shape index (κ1) is 13.1. The normalized spacial score (nSPS) is 18.6. The average molecular weight is 276 g/mol. The lowest BCUT2D eigenvalue weighted by Gasteiger charge is -2.19. The number of rotatable bonds is 2. The summed E-state index contributed by atoms with van der Waals surface area (Å²) in [7, 11) is 0. The lowest BCUT2D eigenvalue weighted by atomic mass is 10.0. The summed E-state index contributed by atoms with van der Waals surface area (Å²) < 4.78 is 14.0. The highest BCUT2D eigenvalue weighted by atomic mass is 19.1. The highest BCUT2D eigenvalue weighted by Crippen LogP contribution is 2.30. The molecule has 1 aromatic carbocycles. The molecule has 0 radical (unpaired) electrons. The third kappa shape index (κ3) is 2.53. The van der Waals surface area contributed by atoms with Gasteiger partial charge in [0.05, 0.1) is 5.69 Å². The maximum Gasteiger partial charge on any atom is 0.227 e. The van der Waals surface area contributed by atoms with Crippen molar-refractivity contribution in [3.8, 4) is 0 Å². The van der Waals surface area contributed by atoms with E-state index >= 15 is 0 Å². The molecule has 1 saturated carbocycles. The van der Waals surface area contributed by atoms with E-state index in [9.17, 15) is 14.0 Å². The molecule has 0 aromatic heterocycles. The Morgan fingerprint density at radius 1 is 1.25 bits per heavy atom. The lowest BCUT2D eigenvalue weighted by Crippen LogP contribution is -2.23. The third-order valence-electron chi connectivity index (χ3n) is 4.07. The minimum absolute atomic E-state index is 0.0139. The van der Waals surface area contributed by atoms with E-state index in [0.29, 0.717) is 18.5 Å². The van der Waals surface area contributed by atoms with Gasteiger partial charge < -0.3 is 10.6 Å². The second-order valence-corrected chi connectivity index (χ2v) is 5.51. The monoisotopic (exact) mass is 276 g/mol. The summed E-state index contributed by atoms with van der Waals surface area (Å²) in [5.74, 6) is -0.646. The third-order valence-corrected chi connectivity index (χ3v) is 4.07. The standard InChI is InChI=1S/C15H17FN2O2/c16-11-7-10-5-6-14(19)17-12(10)8-13(11)18-15(20)9-3-1-2-4-9/h7-9H,1-6H2,(H,17,19)(H,18,20). The summed E-state index contributed by atoms with van der Waals surface area (Å²) in [6.45, 7) is 0. The van der Waals surface area contributed by atoms with Crippen molar-refractivity contribution >= 4 is 23.2 Å². The Labute approximate surface area is 116 Å². The number of aryl methyl sites for hydroxylation is 1. The van der Waals surface area contributed by atoms with Gasteiger partial charge >= 0.3 is 0 Å². The van der Waals surface area contributed by atoms with Crippen molar-refractivity contribution in [3.63, 3.8) is 0 Å². The minimum atomic E-state index is -0.439. The van der Waals surface area contributed by atoms with E-state index in [2.05, 4.69) is 10.6 Å². The van der Waals surface area contributed by atoms with E-state index in [4.69, 9.17) is 0 Å². The van der Waals surface area contributed by atoms with E-state index in [-0.39, 0.29) is 23.4 Å². The number of fused-ring (bicyclic) bond motifs is 1. The van der Waals surface area contributed by atoms with Crippen molar-refractivity contribution in [2.24, 2.45) is 5.92 Å². The molecule has 5 heteroatoms. The highest BCUT2D eigenvalue weighted by Gasteiger charge is 2.24. The van der Waals surface area contributed by atoms with Crippen LogP contribution in [-0.2, 0) is 16.0 Å². The molecule has 0 unspecified atom stereocenters. The number of halogens is 1. The minimum Gasteiger partial charge on any atom is -0.326 e. The molecule has 3 rings (SSSR count). The second-order valence-electron chi connectivity index (χ2n) is 5.51. The summed E-state index contributed by atoms with van der Waals surface area (Å²) in [4.78, 5) is 23.4. The number of nitrogens with one attached hydrogen (secondary N) is 2. The van der Waals surface area contributed by atoms with Gasteiger partial charge in [-0.3, -0.25) is 9.59 Å². The first-order chi connectivity index (χ1) is 9.63. The van der Waals surface area contributed by atoms with Gasteiger partial charge in [0.25, 0.3) is 0 Å².